The summed E-state index contributed by atoms with van der Waals surface area (Å²) < 4.78 is 14.9. The van der Waals surface area contributed by atoms with E-state index in [1.807, 2.05) is 29.2 Å². The fraction of sp³-hybridized carbons (Fsp3) is 0.308. The van der Waals surface area contributed by atoms with E-state index < -0.39 is 0 Å². The summed E-state index contributed by atoms with van der Waals surface area (Å²) in [6.07, 6.45) is 0. The van der Waals surface area contributed by atoms with Gasteiger partial charge in [0.05, 0.1) is 5.69 Å². The maximum Gasteiger partial charge on any atom is 0.275 e. The fourth-order valence-electron chi connectivity index (χ4n) is 4.21. The molecule has 3 heterocycles. The molecule has 1 aliphatic heterocycles. The molecule has 4 aromatic rings. The molecule has 7 nitrogen and oxygen atoms in total. The Balaban J connectivity index is 1.25. The van der Waals surface area contributed by atoms with Gasteiger partial charge in [0, 0.05) is 49.9 Å². The lowest BCUT2D eigenvalue weighted by Crippen LogP contribution is -2.48. The average molecular weight is 492 g/mol. The quantitative estimate of drug-likeness (QED) is 0.422. The third-order valence-corrected chi connectivity index (χ3v) is 7.20. The minimum absolute atomic E-state index is 0.0484. The van der Waals surface area contributed by atoms with E-state index in [1.165, 1.54) is 39.6 Å². The molecule has 0 atom stereocenters. The zero-order chi connectivity index (χ0) is 24.5. The van der Waals surface area contributed by atoms with Crippen LogP contribution in [0.5, 0.6) is 0 Å². The number of hydrogen-bond donors (Lipinski definition) is 0. The summed E-state index contributed by atoms with van der Waals surface area (Å²) in [5.41, 5.74) is 2.94. The third kappa shape index (κ3) is 5.01. The Kier molecular flexibility index (Phi) is 6.44. The third-order valence-electron chi connectivity index (χ3n) is 6.24. The van der Waals surface area contributed by atoms with Gasteiger partial charge in [0.1, 0.15) is 10.8 Å². The maximum atomic E-state index is 13.6. The minimum Gasteiger partial charge on any atom is -0.336 e. The van der Waals surface area contributed by atoms with Crippen LogP contribution >= 0.6 is 11.3 Å². The molecule has 2 aromatic heterocycles. The molecule has 0 N–H and O–H groups in total. The number of piperazine rings is 1. The van der Waals surface area contributed by atoms with Crippen LogP contribution in [0.3, 0.4) is 0 Å². The monoisotopic (exact) mass is 491 g/mol. The highest BCUT2D eigenvalue weighted by atomic mass is 32.1. The van der Waals surface area contributed by atoms with Gasteiger partial charge in [-0.25, -0.2) is 9.37 Å². The Labute approximate surface area is 206 Å². The van der Waals surface area contributed by atoms with Crippen molar-refractivity contribution in [1.82, 2.24) is 24.4 Å². The van der Waals surface area contributed by atoms with Gasteiger partial charge < -0.3 is 4.90 Å². The van der Waals surface area contributed by atoms with Gasteiger partial charge in [-0.3, -0.25) is 14.5 Å². The van der Waals surface area contributed by atoms with Crippen LogP contribution in [0.25, 0.3) is 15.5 Å². The Morgan fingerprint density at radius 3 is 2.49 bits per heavy atom. The predicted octanol–water partition coefficient (Wildman–Crippen LogP) is 4.04. The second-order valence-corrected chi connectivity index (χ2v) is 10.00. The van der Waals surface area contributed by atoms with E-state index in [9.17, 15) is 14.0 Å². The first kappa shape index (κ1) is 23.3. The van der Waals surface area contributed by atoms with Gasteiger partial charge in [-0.1, -0.05) is 49.4 Å². The molecule has 0 saturated carbocycles. The Morgan fingerprint density at radius 1 is 1.06 bits per heavy atom. The number of fused-ring (bicyclic) bond motifs is 1. The van der Waals surface area contributed by atoms with Gasteiger partial charge in [-0.2, -0.15) is 9.61 Å². The predicted molar refractivity (Wildman–Crippen MR) is 134 cm³/mol. The van der Waals surface area contributed by atoms with Gasteiger partial charge in [-0.15, -0.1) is 0 Å². The summed E-state index contributed by atoms with van der Waals surface area (Å²) in [5.74, 6) is 0.127. The van der Waals surface area contributed by atoms with Crippen molar-refractivity contribution < 1.29 is 9.18 Å². The van der Waals surface area contributed by atoms with Gasteiger partial charge in [-0.05, 0) is 35.7 Å². The maximum absolute atomic E-state index is 13.6. The summed E-state index contributed by atoms with van der Waals surface area (Å²) in [5, 5.41) is 4.86. The van der Waals surface area contributed by atoms with E-state index in [0.717, 1.165) is 0 Å². The van der Waals surface area contributed by atoms with Crippen LogP contribution in [0, 0.1) is 5.82 Å². The highest BCUT2D eigenvalue weighted by Crippen LogP contribution is 2.25. The molecule has 0 bridgehead atoms. The van der Waals surface area contributed by atoms with E-state index in [1.54, 1.807) is 12.1 Å². The molecule has 0 unspecified atom stereocenters. The molecular formula is C26H26FN5O2S. The minimum atomic E-state index is -0.354. The molecule has 0 radical (unpaired) electrons. The Morgan fingerprint density at radius 2 is 1.80 bits per heavy atom. The summed E-state index contributed by atoms with van der Waals surface area (Å²) in [7, 11) is 0. The van der Waals surface area contributed by atoms with E-state index in [2.05, 4.69) is 28.8 Å². The van der Waals surface area contributed by atoms with Gasteiger partial charge >= 0.3 is 0 Å². The lowest BCUT2D eigenvalue weighted by atomic mass is 10.0. The molecule has 0 aliphatic carbocycles. The summed E-state index contributed by atoms with van der Waals surface area (Å²) in [4.78, 5) is 34.7. The van der Waals surface area contributed by atoms with Crippen molar-refractivity contribution >= 4 is 22.2 Å². The van der Waals surface area contributed by atoms with E-state index >= 15 is 0 Å². The number of aromatic nitrogens is 3. The molecule has 2 aromatic carbocycles. The zero-order valence-electron chi connectivity index (χ0n) is 19.6. The molecule has 9 heteroatoms. The fourth-order valence-corrected chi connectivity index (χ4v) is 5.13. The molecule has 1 saturated heterocycles. The summed E-state index contributed by atoms with van der Waals surface area (Å²) in [6.45, 7) is 7.43. The van der Waals surface area contributed by atoms with Crippen LogP contribution in [0.15, 0.2) is 59.4 Å². The van der Waals surface area contributed by atoms with Crippen molar-refractivity contribution in [2.24, 2.45) is 0 Å². The van der Waals surface area contributed by atoms with Crippen molar-refractivity contribution in [3.05, 3.63) is 87.6 Å². The first-order chi connectivity index (χ1) is 16.9. The van der Waals surface area contributed by atoms with Gasteiger partial charge in [0.15, 0.2) is 0 Å². The molecule has 0 spiro atoms. The lowest BCUT2D eigenvalue weighted by molar-refractivity contribution is 0.0627. The molecular weight excluding hydrogens is 465 g/mol. The van der Waals surface area contributed by atoms with Crippen LogP contribution in [0.1, 0.15) is 41.4 Å². The normalized spacial score (nSPS) is 14.7. The topological polar surface area (TPSA) is 70.8 Å². The first-order valence-electron chi connectivity index (χ1n) is 11.6. The van der Waals surface area contributed by atoms with Crippen LogP contribution in [-0.2, 0) is 6.54 Å². The number of benzene rings is 2. The Hall–Kier alpha value is -3.43. The van der Waals surface area contributed by atoms with E-state index in [-0.39, 0.29) is 17.3 Å². The van der Waals surface area contributed by atoms with E-state index in [0.29, 0.717) is 65.4 Å². The number of hydrogen-bond acceptors (Lipinski definition) is 6. The largest absolute Gasteiger partial charge is 0.336 e. The lowest BCUT2D eigenvalue weighted by Gasteiger charge is -2.34. The second-order valence-electron chi connectivity index (χ2n) is 9.04. The number of carbonyl (C=O) groups is 1. The van der Waals surface area contributed by atoms with Crippen molar-refractivity contribution in [3.63, 3.8) is 0 Å². The summed E-state index contributed by atoms with van der Waals surface area (Å²) >= 11 is 1.26. The second kappa shape index (κ2) is 9.67. The average Bonchev–Trinajstić information content (AvgIpc) is 3.29. The highest BCUT2D eigenvalue weighted by molar-refractivity contribution is 7.19. The number of nitrogens with zero attached hydrogens (tertiary/aromatic N) is 5. The number of amides is 1. The van der Waals surface area contributed by atoms with Crippen molar-refractivity contribution in [3.8, 4) is 10.6 Å². The molecule has 5 rings (SSSR count). The van der Waals surface area contributed by atoms with Crippen LogP contribution in [-0.4, -0.2) is 56.5 Å². The standard InChI is InChI=1S/C26H26FN5O2S/c1-17(2)18-6-8-19(9-7-18)25(34)31-12-10-30(11-13-31)16-22-15-23(33)32-26(28-22)35-24(29-32)20-4-3-5-21(27)14-20/h3-9,14-15,17H,10-13,16H2,1-2H3. The van der Waals surface area contributed by atoms with Crippen LogP contribution in [0.4, 0.5) is 4.39 Å². The SMILES string of the molecule is CC(C)c1ccc(C(=O)N2CCN(Cc3cc(=O)n4nc(-c5cccc(F)c5)sc4n3)CC2)cc1. The van der Waals surface area contributed by atoms with Crippen molar-refractivity contribution in [2.45, 2.75) is 26.3 Å². The number of rotatable bonds is 5. The van der Waals surface area contributed by atoms with Gasteiger partial charge in [0.2, 0.25) is 4.96 Å². The van der Waals surface area contributed by atoms with Crippen LogP contribution in [0.2, 0.25) is 0 Å². The number of carbonyl (C=O) groups excluding carboxylic acids is 1. The molecule has 1 aliphatic rings. The summed E-state index contributed by atoms with van der Waals surface area (Å²) in [6, 6.07) is 15.5. The molecule has 35 heavy (non-hydrogen) atoms. The first-order valence-corrected chi connectivity index (χ1v) is 12.5. The van der Waals surface area contributed by atoms with E-state index in [4.69, 9.17) is 0 Å². The van der Waals surface area contributed by atoms with Gasteiger partial charge in [0.25, 0.3) is 11.5 Å². The van der Waals surface area contributed by atoms with Crippen molar-refractivity contribution in [1.29, 1.82) is 0 Å². The zero-order valence-corrected chi connectivity index (χ0v) is 20.5. The molecule has 1 fully saturated rings. The smallest absolute Gasteiger partial charge is 0.275 e. The molecule has 180 valence electrons. The highest BCUT2D eigenvalue weighted by Gasteiger charge is 2.23. The number of halogens is 1. The van der Waals surface area contributed by atoms with Crippen LogP contribution < -0.4 is 5.56 Å². The Bertz CT molecular complexity index is 1420. The van der Waals surface area contributed by atoms with Crippen molar-refractivity contribution in [2.75, 3.05) is 26.2 Å². The molecule has 1 amide bonds.